The Bertz CT molecular complexity index is 915. The molecule has 0 saturated carbocycles. The van der Waals surface area contributed by atoms with Gasteiger partial charge in [0, 0.05) is 5.69 Å². The molecule has 140 valence electrons. The summed E-state index contributed by atoms with van der Waals surface area (Å²) in [6, 6.07) is 14.0. The summed E-state index contributed by atoms with van der Waals surface area (Å²) in [7, 11) is 0. The van der Waals surface area contributed by atoms with E-state index in [0.717, 1.165) is 40.9 Å². The predicted octanol–water partition coefficient (Wildman–Crippen LogP) is 3.83. The molecule has 0 bridgehead atoms. The molecule has 3 aromatic rings. The maximum atomic E-state index is 12.5. The zero-order valence-electron chi connectivity index (χ0n) is 15.8. The molecule has 0 unspecified atom stereocenters. The first-order valence-corrected chi connectivity index (χ1v) is 10.00. The van der Waals surface area contributed by atoms with Gasteiger partial charge in [-0.2, -0.15) is 4.68 Å². The van der Waals surface area contributed by atoms with Gasteiger partial charge in [-0.15, -0.1) is 5.10 Å². The third-order valence-electron chi connectivity index (χ3n) is 4.38. The van der Waals surface area contributed by atoms with Gasteiger partial charge < -0.3 is 5.32 Å². The Balaban J connectivity index is 1.72. The van der Waals surface area contributed by atoms with E-state index in [2.05, 4.69) is 46.8 Å². The SMILES string of the molecule is CCc1cccc(CC)c1NC(=O)CSc1nnnn1-c1ccccc1C. The van der Waals surface area contributed by atoms with Gasteiger partial charge in [-0.3, -0.25) is 4.79 Å². The number of aromatic nitrogens is 4. The van der Waals surface area contributed by atoms with Crippen molar-refractivity contribution in [2.45, 2.75) is 38.8 Å². The van der Waals surface area contributed by atoms with Crippen molar-refractivity contribution in [1.82, 2.24) is 20.2 Å². The molecule has 0 aliphatic carbocycles. The zero-order chi connectivity index (χ0) is 19.2. The highest BCUT2D eigenvalue weighted by atomic mass is 32.2. The fourth-order valence-corrected chi connectivity index (χ4v) is 3.61. The summed E-state index contributed by atoms with van der Waals surface area (Å²) >= 11 is 1.33. The molecule has 1 amide bonds. The van der Waals surface area contributed by atoms with Crippen LogP contribution in [0.1, 0.15) is 30.5 Å². The second kappa shape index (κ2) is 8.81. The number of aryl methyl sites for hydroxylation is 3. The fourth-order valence-electron chi connectivity index (χ4n) is 2.93. The molecule has 0 spiro atoms. The van der Waals surface area contributed by atoms with Gasteiger partial charge in [-0.05, 0) is 52.9 Å². The highest BCUT2D eigenvalue weighted by Crippen LogP contribution is 2.24. The number of nitrogens with zero attached hydrogens (tertiary/aromatic N) is 4. The van der Waals surface area contributed by atoms with E-state index in [1.165, 1.54) is 11.8 Å². The number of hydrogen-bond acceptors (Lipinski definition) is 5. The number of para-hydroxylation sites is 2. The Hall–Kier alpha value is -2.67. The second-order valence-electron chi connectivity index (χ2n) is 6.15. The monoisotopic (exact) mass is 381 g/mol. The molecule has 1 N–H and O–H groups in total. The number of hydrogen-bond donors (Lipinski definition) is 1. The standard InChI is InChI=1S/C20H23N5OS/c1-4-15-10-8-11-16(5-2)19(15)21-18(26)13-27-20-22-23-24-25(20)17-12-7-6-9-14(17)3/h6-12H,4-5,13H2,1-3H3,(H,21,26). The van der Waals surface area contributed by atoms with Crippen LogP contribution in [0.5, 0.6) is 0 Å². The molecule has 1 aromatic heterocycles. The number of anilines is 1. The smallest absolute Gasteiger partial charge is 0.234 e. The number of amides is 1. The van der Waals surface area contributed by atoms with Crippen molar-refractivity contribution >= 4 is 23.4 Å². The average molecular weight is 382 g/mol. The van der Waals surface area contributed by atoms with Gasteiger partial charge in [-0.1, -0.05) is 62.0 Å². The van der Waals surface area contributed by atoms with Crippen LogP contribution in [0.4, 0.5) is 5.69 Å². The maximum absolute atomic E-state index is 12.5. The summed E-state index contributed by atoms with van der Waals surface area (Å²) in [6.07, 6.45) is 1.75. The van der Waals surface area contributed by atoms with E-state index in [0.29, 0.717) is 5.16 Å². The molecule has 27 heavy (non-hydrogen) atoms. The molecule has 3 rings (SSSR count). The van der Waals surface area contributed by atoms with Crippen LogP contribution in [-0.2, 0) is 17.6 Å². The Kier molecular flexibility index (Phi) is 6.24. The maximum Gasteiger partial charge on any atom is 0.234 e. The van der Waals surface area contributed by atoms with Crippen molar-refractivity contribution in [3.05, 3.63) is 59.2 Å². The fraction of sp³-hybridized carbons (Fsp3) is 0.300. The third-order valence-corrected chi connectivity index (χ3v) is 5.30. The summed E-state index contributed by atoms with van der Waals surface area (Å²) in [4.78, 5) is 12.5. The molecule has 0 atom stereocenters. The lowest BCUT2D eigenvalue weighted by Gasteiger charge is -2.14. The van der Waals surface area contributed by atoms with Crippen LogP contribution in [0.25, 0.3) is 5.69 Å². The van der Waals surface area contributed by atoms with E-state index in [1.807, 2.05) is 37.3 Å². The first-order chi connectivity index (χ1) is 13.1. The summed E-state index contributed by atoms with van der Waals surface area (Å²) in [5.41, 5.74) is 5.22. The molecule has 2 aromatic carbocycles. The van der Waals surface area contributed by atoms with Crippen molar-refractivity contribution in [2.24, 2.45) is 0 Å². The third kappa shape index (κ3) is 4.36. The van der Waals surface area contributed by atoms with Crippen molar-refractivity contribution in [3.63, 3.8) is 0 Å². The summed E-state index contributed by atoms with van der Waals surface area (Å²) in [6.45, 7) is 6.19. The van der Waals surface area contributed by atoms with Crippen LogP contribution >= 0.6 is 11.8 Å². The lowest BCUT2D eigenvalue weighted by Crippen LogP contribution is -2.17. The van der Waals surface area contributed by atoms with E-state index in [-0.39, 0.29) is 11.7 Å². The molecule has 6 nitrogen and oxygen atoms in total. The van der Waals surface area contributed by atoms with Crippen molar-refractivity contribution < 1.29 is 4.79 Å². The molecular weight excluding hydrogens is 358 g/mol. The van der Waals surface area contributed by atoms with Crippen molar-refractivity contribution in [3.8, 4) is 5.69 Å². The first-order valence-electron chi connectivity index (χ1n) is 9.01. The van der Waals surface area contributed by atoms with Gasteiger partial charge in [0.1, 0.15) is 0 Å². The predicted molar refractivity (Wildman–Crippen MR) is 108 cm³/mol. The number of carbonyl (C=O) groups is 1. The summed E-state index contributed by atoms with van der Waals surface area (Å²) in [5, 5.41) is 15.6. The minimum Gasteiger partial charge on any atom is -0.325 e. The van der Waals surface area contributed by atoms with Crippen LogP contribution in [0, 0.1) is 6.92 Å². The van der Waals surface area contributed by atoms with Crippen LogP contribution < -0.4 is 5.32 Å². The molecular formula is C20H23N5OS. The minimum absolute atomic E-state index is 0.0602. The number of rotatable bonds is 7. The van der Waals surface area contributed by atoms with Gasteiger partial charge in [0.25, 0.3) is 0 Å². The van der Waals surface area contributed by atoms with E-state index < -0.39 is 0 Å². The number of thioether (sulfide) groups is 1. The number of tetrazole rings is 1. The zero-order valence-corrected chi connectivity index (χ0v) is 16.6. The molecule has 7 heteroatoms. The van der Waals surface area contributed by atoms with E-state index in [1.54, 1.807) is 4.68 Å². The number of nitrogens with one attached hydrogen (secondary N) is 1. The van der Waals surface area contributed by atoms with Crippen molar-refractivity contribution in [1.29, 1.82) is 0 Å². The van der Waals surface area contributed by atoms with Gasteiger partial charge in [0.05, 0.1) is 11.4 Å². The van der Waals surface area contributed by atoms with E-state index in [4.69, 9.17) is 0 Å². The summed E-state index contributed by atoms with van der Waals surface area (Å²) < 4.78 is 1.67. The highest BCUT2D eigenvalue weighted by molar-refractivity contribution is 7.99. The Morgan fingerprint density at radius 2 is 1.78 bits per heavy atom. The largest absolute Gasteiger partial charge is 0.325 e. The van der Waals surface area contributed by atoms with E-state index >= 15 is 0 Å². The summed E-state index contributed by atoms with van der Waals surface area (Å²) in [5.74, 6) is 0.183. The molecule has 1 heterocycles. The molecule has 0 aliphatic heterocycles. The molecule has 0 saturated heterocycles. The van der Waals surface area contributed by atoms with Gasteiger partial charge >= 0.3 is 0 Å². The van der Waals surface area contributed by atoms with Crippen LogP contribution in [0.2, 0.25) is 0 Å². The van der Waals surface area contributed by atoms with Gasteiger partial charge in [0.15, 0.2) is 0 Å². The Morgan fingerprint density at radius 3 is 2.44 bits per heavy atom. The second-order valence-corrected chi connectivity index (χ2v) is 7.10. The van der Waals surface area contributed by atoms with E-state index in [9.17, 15) is 4.79 Å². The van der Waals surface area contributed by atoms with Crippen molar-refractivity contribution in [2.75, 3.05) is 11.1 Å². The van der Waals surface area contributed by atoms with Crippen LogP contribution in [0.3, 0.4) is 0 Å². The highest BCUT2D eigenvalue weighted by Gasteiger charge is 2.14. The Labute approximate surface area is 163 Å². The van der Waals surface area contributed by atoms with Crippen LogP contribution in [-0.4, -0.2) is 31.9 Å². The molecule has 0 radical (unpaired) electrons. The van der Waals surface area contributed by atoms with Gasteiger partial charge in [0.2, 0.25) is 11.1 Å². The number of benzene rings is 2. The topological polar surface area (TPSA) is 72.7 Å². The van der Waals surface area contributed by atoms with Crippen LogP contribution in [0.15, 0.2) is 47.6 Å². The minimum atomic E-state index is -0.0602. The van der Waals surface area contributed by atoms with Gasteiger partial charge in [-0.25, -0.2) is 0 Å². The quantitative estimate of drug-likeness (QED) is 0.630. The lowest BCUT2D eigenvalue weighted by molar-refractivity contribution is -0.113. The Morgan fingerprint density at radius 1 is 1.07 bits per heavy atom. The lowest BCUT2D eigenvalue weighted by atomic mass is 10.0. The normalized spacial score (nSPS) is 10.8. The average Bonchev–Trinajstić information content (AvgIpc) is 3.15. The first kappa shape index (κ1) is 19.1. The molecule has 0 aliphatic rings. The number of carbonyl (C=O) groups excluding carboxylic acids is 1. The molecule has 0 fully saturated rings.